The van der Waals surface area contributed by atoms with Crippen LogP contribution in [0.2, 0.25) is 0 Å². The average Bonchev–Trinajstić information content (AvgIpc) is 2.39. The lowest BCUT2D eigenvalue weighted by Gasteiger charge is -2.37. The van der Waals surface area contributed by atoms with Crippen molar-refractivity contribution < 1.29 is 9.84 Å². The van der Waals surface area contributed by atoms with Crippen molar-refractivity contribution in [2.75, 3.05) is 37.0 Å². The third-order valence-corrected chi connectivity index (χ3v) is 2.91. The largest absolute Gasteiger partial charge is 0.397 e. The minimum absolute atomic E-state index is 0.0101. The molecule has 17 heavy (non-hydrogen) atoms. The lowest BCUT2D eigenvalue weighted by Crippen LogP contribution is -2.47. The van der Waals surface area contributed by atoms with Crippen LogP contribution in [-0.4, -0.2) is 37.5 Å². The number of ether oxygens (including phenoxy) is 1. The van der Waals surface area contributed by atoms with Gasteiger partial charge in [0.05, 0.1) is 48.9 Å². The summed E-state index contributed by atoms with van der Waals surface area (Å²) in [6.45, 7) is 1.76. The molecule has 1 aliphatic rings. The van der Waals surface area contributed by atoms with Crippen LogP contribution in [0, 0.1) is 11.3 Å². The van der Waals surface area contributed by atoms with Crippen LogP contribution in [0.25, 0.3) is 0 Å². The number of hydrogen-bond donors (Lipinski definition) is 2. The molecule has 1 atom stereocenters. The van der Waals surface area contributed by atoms with Crippen molar-refractivity contribution in [3.8, 4) is 6.07 Å². The monoisotopic (exact) mass is 233 g/mol. The van der Waals surface area contributed by atoms with Crippen LogP contribution in [0.3, 0.4) is 0 Å². The molecule has 1 heterocycles. The van der Waals surface area contributed by atoms with Crippen molar-refractivity contribution in [3.05, 3.63) is 23.8 Å². The number of benzene rings is 1. The molecule has 5 nitrogen and oxygen atoms in total. The summed E-state index contributed by atoms with van der Waals surface area (Å²) in [4.78, 5) is 2.00. The first-order chi connectivity index (χ1) is 8.26. The zero-order valence-electron chi connectivity index (χ0n) is 9.47. The van der Waals surface area contributed by atoms with Gasteiger partial charge in [0.1, 0.15) is 0 Å². The molecule has 1 aromatic rings. The van der Waals surface area contributed by atoms with Crippen LogP contribution in [0.1, 0.15) is 5.56 Å². The third-order valence-electron chi connectivity index (χ3n) is 2.91. The minimum Gasteiger partial charge on any atom is -0.397 e. The molecule has 2 rings (SSSR count). The van der Waals surface area contributed by atoms with Crippen LogP contribution >= 0.6 is 0 Å². The summed E-state index contributed by atoms with van der Waals surface area (Å²) in [6.07, 6.45) is 0. The molecule has 0 radical (unpaired) electrons. The van der Waals surface area contributed by atoms with Crippen molar-refractivity contribution in [2.24, 2.45) is 0 Å². The number of aliphatic hydroxyl groups excluding tert-OH is 1. The Morgan fingerprint density at radius 2 is 2.41 bits per heavy atom. The Hall–Kier alpha value is -1.77. The van der Waals surface area contributed by atoms with Gasteiger partial charge in [-0.15, -0.1) is 0 Å². The SMILES string of the molecule is N#Cc1ccc(N)c(N2CCOCC2CO)c1. The molecule has 1 fully saturated rings. The molecule has 0 amide bonds. The molecule has 0 saturated carbocycles. The second-order valence-corrected chi connectivity index (χ2v) is 3.99. The number of aliphatic hydroxyl groups is 1. The molecule has 0 aliphatic carbocycles. The van der Waals surface area contributed by atoms with Gasteiger partial charge in [-0.05, 0) is 18.2 Å². The number of nitrogen functional groups attached to an aromatic ring is 1. The van der Waals surface area contributed by atoms with E-state index in [1.165, 1.54) is 0 Å². The molecule has 0 bridgehead atoms. The van der Waals surface area contributed by atoms with Crippen LogP contribution < -0.4 is 10.6 Å². The van der Waals surface area contributed by atoms with E-state index in [-0.39, 0.29) is 12.6 Å². The third kappa shape index (κ3) is 2.33. The number of rotatable bonds is 2. The van der Waals surface area contributed by atoms with Crippen molar-refractivity contribution in [3.63, 3.8) is 0 Å². The molecular weight excluding hydrogens is 218 g/mol. The second kappa shape index (κ2) is 5.04. The van der Waals surface area contributed by atoms with Gasteiger partial charge >= 0.3 is 0 Å². The standard InChI is InChI=1S/C12H15N3O2/c13-6-9-1-2-11(14)12(5-9)15-3-4-17-8-10(15)7-16/h1-2,5,10,16H,3-4,7-8,14H2. The van der Waals surface area contributed by atoms with Crippen molar-refractivity contribution in [2.45, 2.75) is 6.04 Å². The maximum atomic E-state index is 9.31. The Labute approximate surface area is 100 Å². The number of hydrogen-bond acceptors (Lipinski definition) is 5. The highest BCUT2D eigenvalue weighted by Crippen LogP contribution is 2.27. The fourth-order valence-corrected chi connectivity index (χ4v) is 1.99. The van der Waals surface area contributed by atoms with E-state index in [4.69, 9.17) is 15.7 Å². The highest BCUT2D eigenvalue weighted by atomic mass is 16.5. The quantitative estimate of drug-likeness (QED) is 0.720. The Balaban J connectivity index is 2.34. The molecule has 1 unspecified atom stereocenters. The number of morpholine rings is 1. The number of nitrogens with two attached hydrogens (primary N) is 1. The Bertz CT molecular complexity index is 442. The lowest BCUT2D eigenvalue weighted by molar-refractivity contribution is 0.0728. The summed E-state index contributed by atoms with van der Waals surface area (Å²) in [7, 11) is 0. The molecular formula is C12H15N3O2. The van der Waals surface area contributed by atoms with E-state index >= 15 is 0 Å². The van der Waals surface area contributed by atoms with Gasteiger partial charge < -0.3 is 20.5 Å². The minimum atomic E-state index is -0.0972. The van der Waals surface area contributed by atoms with E-state index in [9.17, 15) is 5.11 Å². The predicted molar refractivity (Wildman–Crippen MR) is 64.6 cm³/mol. The second-order valence-electron chi connectivity index (χ2n) is 3.99. The highest BCUT2D eigenvalue weighted by Gasteiger charge is 2.24. The fraction of sp³-hybridized carbons (Fsp3) is 0.417. The van der Waals surface area contributed by atoms with Gasteiger partial charge in [-0.1, -0.05) is 0 Å². The summed E-state index contributed by atoms with van der Waals surface area (Å²) >= 11 is 0. The van der Waals surface area contributed by atoms with E-state index in [2.05, 4.69) is 6.07 Å². The lowest BCUT2D eigenvalue weighted by atomic mass is 10.1. The first-order valence-corrected chi connectivity index (χ1v) is 5.51. The van der Waals surface area contributed by atoms with Gasteiger partial charge in [-0.3, -0.25) is 0 Å². The summed E-state index contributed by atoms with van der Waals surface area (Å²) in [5.74, 6) is 0. The van der Waals surface area contributed by atoms with Crippen LogP contribution in [0.4, 0.5) is 11.4 Å². The normalized spacial score (nSPS) is 20.0. The first kappa shape index (κ1) is 11.7. The smallest absolute Gasteiger partial charge is 0.0992 e. The first-order valence-electron chi connectivity index (χ1n) is 5.51. The molecule has 0 aromatic heterocycles. The van der Waals surface area contributed by atoms with Crippen molar-refractivity contribution in [1.29, 1.82) is 5.26 Å². The van der Waals surface area contributed by atoms with E-state index in [1.807, 2.05) is 4.90 Å². The molecule has 1 aromatic carbocycles. The van der Waals surface area contributed by atoms with E-state index in [0.717, 1.165) is 5.69 Å². The molecule has 1 aliphatic heterocycles. The fourth-order valence-electron chi connectivity index (χ4n) is 1.99. The van der Waals surface area contributed by atoms with Gasteiger partial charge in [0.25, 0.3) is 0 Å². The Morgan fingerprint density at radius 1 is 1.59 bits per heavy atom. The molecule has 5 heteroatoms. The van der Waals surface area contributed by atoms with Gasteiger partial charge in [-0.25, -0.2) is 0 Å². The van der Waals surface area contributed by atoms with Crippen LogP contribution in [0.15, 0.2) is 18.2 Å². The Morgan fingerprint density at radius 3 is 3.12 bits per heavy atom. The van der Waals surface area contributed by atoms with Gasteiger partial charge in [0.2, 0.25) is 0 Å². The van der Waals surface area contributed by atoms with E-state index < -0.39 is 0 Å². The predicted octanol–water partition coefficient (Wildman–Crippen LogP) is 0.338. The topological polar surface area (TPSA) is 82.5 Å². The number of nitrogens with zero attached hydrogens (tertiary/aromatic N) is 2. The summed E-state index contributed by atoms with van der Waals surface area (Å²) in [5.41, 5.74) is 7.90. The number of nitriles is 1. The van der Waals surface area contributed by atoms with Gasteiger partial charge in [0.15, 0.2) is 0 Å². The van der Waals surface area contributed by atoms with Crippen molar-refractivity contribution in [1.82, 2.24) is 0 Å². The Kier molecular flexibility index (Phi) is 3.47. The molecule has 1 saturated heterocycles. The summed E-state index contributed by atoms with van der Waals surface area (Å²) in [6, 6.07) is 7.15. The summed E-state index contributed by atoms with van der Waals surface area (Å²) < 4.78 is 5.31. The molecule has 0 spiro atoms. The average molecular weight is 233 g/mol. The van der Waals surface area contributed by atoms with Crippen LogP contribution in [0.5, 0.6) is 0 Å². The van der Waals surface area contributed by atoms with Crippen molar-refractivity contribution >= 4 is 11.4 Å². The van der Waals surface area contributed by atoms with E-state index in [0.29, 0.717) is 31.0 Å². The van der Waals surface area contributed by atoms with Crippen LogP contribution in [-0.2, 0) is 4.74 Å². The molecule has 3 N–H and O–H groups in total. The maximum absolute atomic E-state index is 9.31. The zero-order valence-corrected chi connectivity index (χ0v) is 9.47. The maximum Gasteiger partial charge on any atom is 0.0992 e. The van der Waals surface area contributed by atoms with Gasteiger partial charge in [0, 0.05) is 6.54 Å². The van der Waals surface area contributed by atoms with E-state index in [1.54, 1.807) is 18.2 Å². The summed E-state index contributed by atoms with van der Waals surface area (Å²) in [5, 5.41) is 18.2. The number of anilines is 2. The zero-order chi connectivity index (χ0) is 12.3. The molecule has 90 valence electrons. The van der Waals surface area contributed by atoms with Gasteiger partial charge in [-0.2, -0.15) is 5.26 Å². The highest BCUT2D eigenvalue weighted by molar-refractivity contribution is 5.70.